The monoisotopic (exact) mass is 324 g/mol. The highest BCUT2D eigenvalue weighted by Crippen LogP contribution is 2.31. The highest BCUT2D eigenvalue weighted by molar-refractivity contribution is 7.99. The fourth-order valence-corrected chi connectivity index (χ4v) is 3.83. The number of benzene rings is 1. The van der Waals surface area contributed by atoms with Gasteiger partial charge in [-0.2, -0.15) is 11.8 Å². The molecule has 1 aromatic rings. The van der Waals surface area contributed by atoms with Crippen molar-refractivity contribution in [2.24, 2.45) is 0 Å². The number of carbonyl (C=O) groups excluding carboxylic acids is 2. The predicted octanol–water partition coefficient (Wildman–Crippen LogP) is 2.30. The zero-order valence-electron chi connectivity index (χ0n) is 12.8. The quantitative estimate of drug-likeness (QED) is 0.904. The van der Waals surface area contributed by atoms with Crippen LogP contribution >= 0.6 is 11.8 Å². The van der Waals surface area contributed by atoms with Crippen molar-refractivity contribution >= 4 is 23.6 Å². The number of hydrogen-bond acceptors (Lipinski definition) is 3. The summed E-state index contributed by atoms with van der Waals surface area (Å²) < 4.78 is 12.8. The third-order valence-corrected chi connectivity index (χ3v) is 5.27. The number of nitrogens with one attached hydrogen (secondary N) is 1. The first-order valence-electron chi connectivity index (χ1n) is 7.35. The van der Waals surface area contributed by atoms with Crippen LogP contribution in [0.4, 0.5) is 4.39 Å². The average Bonchev–Trinajstić information content (AvgIpc) is 3.00. The Morgan fingerprint density at radius 1 is 1.32 bits per heavy atom. The molecule has 0 aliphatic heterocycles. The second kappa shape index (κ2) is 7.63. The van der Waals surface area contributed by atoms with E-state index >= 15 is 0 Å². The van der Waals surface area contributed by atoms with Gasteiger partial charge in [0.15, 0.2) is 0 Å². The van der Waals surface area contributed by atoms with Gasteiger partial charge in [-0.1, -0.05) is 6.42 Å². The Morgan fingerprint density at radius 2 is 2.00 bits per heavy atom. The summed E-state index contributed by atoms with van der Waals surface area (Å²) in [5.74, 6) is -0.854. The molecule has 1 fully saturated rings. The summed E-state index contributed by atoms with van der Waals surface area (Å²) in [4.78, 5) is 25.9. The van der Waals surface area contributed by atoms with Gasteiger partial charge in [-0.05, 0) is 43.4 Å². The SMILES string of the molecule is CS[C@@H]1CCC[C@@H]1N(C)C(=O)CNC(=O)c1ccc(F)cc1. The van der Waals surface area contributed by atoms with Crippen LogP contribution in [0.1, 0.15) is 29.6 Å². The molecule has 2 amide bonds. The molecule has 0 saturated heterocycles. The summed E-state index contributed by atoms with van der Waals surface area (Å²) in [6.45, 7) is -0.0374. The third kappa shape index (κ3) is 4.00. The van der Waals surface area contributed by atoms with Crippen molar-refractivity contribution in [1.29, 1.82) is 0 Å². The van der Waals surface area contributed by atoms with E-state index < -0.39 is 5.82 Å². The zero-order chi connectivity index (χ0) is 16.1. The summed E-state index contributed by atoms with van der Waals surface area (Å²) in [5.41, 5.74) is 0.347. The van der Waals surface area contributed by atoms with Gasteiger partial charge in [0.2, 0.25) is 5.91 Å². The van der Waals surface area contributed by atoms with Gasteiger partial charge in [-0.15, -0.1) is 0 Å². The Hall–Kier alpha value is -1.56. The summed E-state index contributed by atoms with van der Waals surface area (Å²) >= 11 is 1.79. The number of carbonyl (C=O) groups is 2. The molecule has 2 rings (SSSR count). The molecule has 1 aromatic carbocycles. The highest BCUT2D eigenvalue weighted by Gasteiger charge is 2.31. The molecule has 6 heteroatoms. The van der Waals surface area contributed by atoms with Gasteiger partial charge in [0, 0.05) is 23.9 Å². The number of amides is 2. The fraction of sp³-hybridized carbons (Fsp3) is 0.500. The van der Waals surface area contributed by atoms with E-state index in [-0.39, 0.29) is 24.4 Å². The van der Waals surface area contributed by atoms with E-state index in [0.29, 0.717) is 10.8 Å². The first-order chi connectivity index (χ1) is 10.5. The van der Waals surface area contributed by atoms with E-state index in [1.54, 1.807) is 23.7 Å². The zero-order valence-corrected chi connectivity index (χ0v) is 13.7. The minimum absolute atomic E-state index is 0.0374. The number of likely N-dealkylation sites (N-methyl/N-ethyl adjacent to an activating group) is 1. The molecule has 0 aromatic heterocycles. The molecule has 120 valence electrons. The Balaban J connectivity index is 1.86. The minimum Gasteiger partial charge on any atom is -0.343 e. The van der Waals surface area contributed by atoms with Crippen molar-refractivity contribution in [3.05, 3.63) is 35.6 Å². The normalized spacial score (nSPS) is 20.7. The fourth-order valence-electron chi connectivity index (χ4n) is 2.79. The summed E-state index contributed by atoms with van der Waals surface area (Å²) in [6, 6.07) is 5.50. The van der Waals surface area contributed by atoms with Gasteiger partial charge in [0.1, 0.15) is 5.82 Å². The van der Waals surface area contributed by atoms with Gasteiger partial charge in [0.05, 0.1) is 6.54 Å². The molecule has 0 bridgehead atoms. The van der Waals surface area contributed by atoms with Crippen LogP contribution in [0.2, 0.25) is 0 Å². The Bertz CT molecular complexity index is 535. The Morgan fingerprint density at radius 3 is 2.64 bits per heavy atom. The van der Waals surface area contributed by atoms with Gasteiger partial charge >= 0.3 is 0 Å². The van der Waals surface area contributed by atoms with Crippen LogP contribution in [0.15, 0.2) is 24.3 Å². The largest absolute Gasteiger partial charge is 0.343 e. The molecule has 0 radical (unpaired) electrons. The Kier molecular flexibility index (Phi) is 5.83. The van der Waals surface area contributed by atoms with E-state index in [1.807, 2.05) is 0 Å². The van der Waals surface area contributed by atoms with Crippen LogP contribution in [-0.2, 0) is 4.79 Å². The van der Waals surface area contributed by atoms with Crippen LogP contribution in [-0.4, -0.2) is 47.9 Å². The lowest BCUT2D eigenvalue weighted by Crippen LogP contribution is -2.45. The molecule has 4 nitrogen and oxygen atoms in total. The molecule has 1 aliphatic carbocycles. The van der Waals surface area contributed by atoms with E-state index in [0.717, 1.165) is 19.3 Å². The van der Waals surface area contributed by atoms with E-state index in [4.69, 9.17) is 0 Å². The number of halogens is 1. The van der Waals surface area contributed by atoms with E-state index in [2.05, 4.69) is 11.6 Å². The third-order valence-electron chi connectivity index (χ3n) is 4.12. The van der Waals surface area contributed by atoms with E-state index in [9.17, 15) is 14.0 Å². The smallest absolute Gasteiger partial charge is 0.251 e. The highest BCUT2D eigenvalue weighted by atomic mass is 32.2. The summed E-state index contributed by atoms with van der Waals surface area (Å²) in [5, 5.41) is 3.07. The Labute approximate surface area is 134 Å². The second-order valence-electron chi connectivity index (χ2n) is 5.47. The lowest BCUT2D eigenvalue weighted by molar-refractivity contribution is -0.130. The molecule has 1 aliphatic rings. The molecule has 0 spiro atoms. The lowest BCUT2D eigenvalue weighted by Gasteiger charge is -2.29. The summed E-state index contributed by atoms with van der Waals surface area (Å²) in [6.07, 6.45) is 5.35. The van der Waals surface area contributed by atoms with Crippen molar-refractivity contribution in [2.75, 3.05) is 19.8 Å². The number of rotatable bonds is 5. The first-order valence-corrected chi connectivity index (χ1v) is 8.64. The minimum atomic E-state index is -0.392. The maximum Gasteiger partial charge on any atom is 0.251 e. The molecular weight excluding hydrogens is 303 g/mol. The van der Waals surface area contributed by atoms with Crippen molar-refractivity contribution in [1.82, 2.24) is 10.2 Å². The van der Waals surface area contributed by atoms with Crippen molar-refractivity contribution in [3.8, 4) is 0 Å². The van der Waals surface area contributed by atoms with E-state index in [1.165, 1.54) is 24.3 Å². The average molecular weight is 324 g/mol. The first kappa shape index (κ1) is 16.8. The standard InChI is InChI=1S/C16H21FN2O2S/c1-19(13-4-3-5-14(13)22-2)15(20)10-18-16(21)11-6-8-12(17)9-7-11/h6-9,13-14H,3-5,10H2,1-2H3,(H,18,21)/t13-,14+/m0/s1. The van der Waals surface area contributed by atoms with Crippen LogP contribution < -0.4 is 5.32 Å². The number of hydrogen-bond donors (Lipinski definition) is 1. The number of nitrogens with zero attached hydrogens (tertiary/aromatic N) is 1. The van der Waals surface area contributed by atoms with Crippen LogP contribution in [0.25, 0.3) is 0 Å². The molecule has 2 atom stereocenters. The molecule has 1 saturated carbocycles. The molecular formula is C16H21FN2O2S. The van der Waals surface area contributed by atoms with Crippen molar-refractivity contribution < 1.29 is 14.0 Å². The molecule has 22 heavy (non-hydrogen) atoms. The van der Waals surface area contributed by atoms with Gasteiger partial charge in [0.25, 0.3) is 5.91 Å². The predicted molar refractivity (Wildman–Crippen MR) is 86.4 cm³/mol. The lowest BCUT2D eigenvalue weighted by atomic mass is 10.2. The topological polar surface area (TPSA) is 49.4 Å². The molecule has 0 heterocycles. The van der Waals surface area contributed by atoms with Crippen LogP contribution in [0, 0.1) is 5.82 Å². The maximum atomic E-state index is 12.8. The molecule has 1 N–H and O–H groups in total. The van der Waals surface area contributed by atoms with Crippen molar-refractivity contribution in [2.45, 2.75) is 30.6 Å². The van der Waals surface area contributed by atoms with Crippen LogP contribution in [0.5, 0.6) is 0 Å². The van der Waals surface area contributed by atoms with Crippen LogP contribution in [0.3, 0.4) is 0 Å². The van der Waals surface area contributed by atoms with Gasteiger partial charge in [-0.25, -0.2) is 4.39 Å². The second-order valence-corrected chi connectivity index (χ2v) is 6.54. The van der Waals surface area contributed by atoms with Gasteiger partial charge < -0.3 is 10.2 Å². The van der Waals surface area contributed by atoms with Gasteiger partial charge in [-0.3, -0.25) is 9.59 Å². The number of thioether (sulfide) groups is 1. The van der Waals surface area contributed by atoms with Crippen molar-refractivity contribution in [3.63, 3.8) is 0 Å². The maximum absolute atomic E-state index is 12.8. The molecule has 0 unspecified atom stereocenters. The summed E-state index contributed by atoms with van der Waals surface area (Å²) in [7, 11) is 1.80.